The Hall–Kier alpha value is -1.88. The van der Waals surface area contributed by atoms with Crippen LogP contribution in [-0.4, -0.2) is 17.0 Å². The van der Waals surface area contributed by atoms with Crippen LogP contribution in [0, 0.1) is 0 Å². The SMILES string of the molecule is O=C([O-])c1ccc(-c2ccc(C(=O)O)cc2)cc1.[Ag+]. The molecule has 0 heterocycles. The zero-order valence-electron chi connectivity index (χ0n) is 9.59. The van der Waals surface area contributed by atoms with Gasteiger partial charge in [-0.1, -0.05) is 36.4 Å². The molecule has 4 nitrogen and oxygen atoms in total. The summed E-state index contributed by atoms with van der Waals surface area (Å²) in [7, 11) is 0. The first-order valence-corrected chi connectivity index (χ1v) is 5.23. The van der Waals surface area contributed by atoms with Crippen molar-refractivity contribution in [1.82, 2.24) is 0 Å². The summed E-state index contributed by atoms with van der Waals surface area (Å²) in [5.74, 6) is -2.20. The van der Waals surface area contributed by atoms with Gasteiger partial charge in [0.15, 0.2) is 0 Å². The van der Waals surface area contributed by atoms with Gasteiger partial charge >= 0.3 is 28.3 Å². The molecule has 1 N–H and O–H groups in total. The molecule has 0 bridgehead atoms. The van der Waals surface area contributed by atoms with Gasteiger partial charge in [0.1, 0.15) is 0 Å². The van der Waals surface area contributed by atoms with Gasteiger partial charge in [-0.3, -0.25) is 0 Å². The maximum atomic E-state index is 10.7. The number of benzene rings is 2. The second-order valence-corrected chi connectivity index (χ2v) is 3.75. The van der Waals surface area contributed by atoms with E-state index in [4.69, 9.17) is 5.11 Å². The molecule has 100 valence electrons. The summed E-state index contributed by atoms with van der Waals surface area (Å²) >= 11 is 0. The van der Waals surface area contributed by atoms with E-state index in [0.717, 1.165) is 11.1 Å². The molecule has 2 aromatic carbocycles. The van der Waals surface area contributed by atoms with E-state index in [0.29, 0.717) is 0 Å². The number of carbonyl (C=O) groups is 2. The van der Waals surface area contributed by atoms with Crippen LogP contribution in [0.25, 0.3) is 11.1 Å². The molecule has 0 amide bonds. The molecule has 2 aromatic rings. The third-order valence-electron chi connectivity index (χ3n) is 2.59. The van der Waals surface area contributed by atoms with E-state index in [1.165, 1.54) is 24.3 Å². The minimum atomic E-state index is -1.22. The first kappa shape index (κ1) is 15.2. The number of carboxylic acids is 2. The fourth-order valence-corrected chi connectivity index (χ4v) is 1.60. The van der Waals surface area contributed by atoms with Gasteiger partial charge in [-0.15, -0.1) is 0 Å². The van der Waals surface area contributed by atoms with E-state index < -0.39 is 11.9 Å². The van der Waals surface area contributed by atoms with Gasteiger partial charge in [-0.05, 0) is 28.8 Å². The third kappa shape index (κ3) is 3.54. The van der Waals surface area contributed by atoms with Gasteiger partial charge in [-0.2, -0.15) is 0 Å². The van der Waals surface area contributed by atoms with E-state index in [1.54, 1.807) is 24.3 Å². The largest absolute Gasteiger partial charge is 1.00 e. The second-order valence-electron chi connectivity index (χ2n) is 3.75. The summed E-state index contributed by atoms with van der Waals surface area (Å²) in [5.41, 5.74) is 1.97. The van der Waals surface area contributed by atoms with Crippen LogP contribution in [0.3, 0.4) is 0 Å². The fourth-order valence-electron chi connectivity index (χ4n) is 1.60. The number of hydrogen-bond donors (Lipinski definition) is 1. The van der Waals surface area contributed by atoms with Crippen molar-refractivity contribution in [2.24, 2.45) is 0 Å². The second kappa shape index (κ2) is 6.33. The van der Waals surface area contributed by atoms with Crippen LogP contribution in [0.15, 0.2) is 48.5 Å². The van der Waals surface area contributed by atoms with Gasteiger partial charge in [0.25, 0.3) is 0 Å². The zero-order valence-corrected chi connectivity index (χ0v) is 11.1. The Morgan fingerprint density at radius 1 is 0.789 bits per heavy atom. The van der Waals surface area contributed by atoms with E-state index in [-0.39, 0.29) is 33.5 Å². The van der Waals surface area contributed by atoms with Crippen molar-refractivity contribution in [3.05, 3.63) is 59.7 Å². The Morgan fingerprint density at radius 2 is 1.16 bits per heavy atom. The molecule has 0 saturated heterocycles. The van der Waals surface area contributed by atoms with Crippen molar-refractivity contribution in [3.8, 4) is 11.1 Å². The first-order valence-electron chi connectivity index (χ1n) is 5.23. The average Bonchev–Trinajstić information content (AvgIpc) is 2.39. The maximum Gasteiger partial charge on any atom is 1.00 e. The molecule has 0 aliphatic carbocycles. The van der Waals surface area contributed by atoms with Crippen LogP contribution in [0.4, 0.5) is 0 Å². The maximum absolute atomic E-state index is 10.7. The molecule has 0 aliphatic heterocycles. The molecule has 0 aliphatic rings. The Kier molecular flexibility index (Phi) is 5.06. The predicted molar refractivity (Wildman–Crippen MR) is 63.2 cm³/mol. The van der Waals surface area contributed by atoms with E-state index >= 15 is 0 Å². The van der Waals surface area contributed by atoms with E-state index in [2.05, 4.69) is 0 Å². The van der Waals surface area contributed by atoms with E-state index in [9.17, 15) is 14.7 Å². The van der Waals surface area contributed by atoms with Crippen LogP contribution in [0.2, 0.25) is 0 Å². The Balaban J connectivity index is 0.00000180. The zero-order chi connectivity index (χ0) is 13.1. The molecule has 0 aromatic heterocycles. The average molecular weight is 349 g/mol. The number of rotatable bonds is 3. The van der Waals surface area contributed by atoms with E-state index in [1.807, 2.05) is 0 Å². The molecule has 0 fully saturated rings. The molecule has 19 heavy (non-hydrogen) atoms. The standard InChI is InChI=1S/C14H10O4.Ag/c15-13(16)11-5-1-9(2-6-11)10-3-7-12(8-4-10)14(17)18;/h1-8H,(H,15,16)(H,17,18);/q;+1/p-1. The summed E-state index contributed by atoms with van der Waals surface area (Å²) in [6, 6.07) is 12.6. The van der Waals surface area contributed by atoms with Gasteiger partial charge in [0.2, 0.25) is 0 Å². The number of carboxylic acid groups (broad SMARTS) is 2. The minimum absolute atomic E-state index is 0. The topological polar surface area (TPSA) is 77.4 Å². The van der Waals surface area contributed by atoms with Gasteiger partial charge in [-0.25, -0.2) is 4.79 Å². The van der Waals surface area contributed by atoms with Crippen molar-refractivity contribution in [2.75, 3.05) is 0 Å². The van der Waals surface area contributed by atoms with Gasteiger partial charge in [0, 0.05) is 0 Å². The summed E-state index contributed by atoms with van der Waals surface area (Å²) in [5, 5.41) is 19.4. The third-order valence-corrected chi connectivity index (χ3v) is 2.59. The van der Waals surface area contributed by atoms with Gasteiger partial charge in [0.05, 0.1) is 11.5 Å². The summed E-state index contributed by atoms with van der Waals surface area (Å²) in [6.07, 6.45) is 0. The molecule has 5 heteroatoms. The molecule has 0 radical (unpaired) electrons. The molecule has 0 atom stereocenters. The molecule has 0 unspecified atom stereocenters. The monoisotopic (exact) mass is 348 g/mol. The van der Waals surface area contributed by atoms with Crippen LogP contribution in [0.5, 0.6) is 0 Å². The van der Waals surface area contributed by atoms with Crippen LogP contribution < -0.4 is 5.11 Å². The smallest absolute Gasteiger partial charge is 0.545 e. The predicted octanol–water partition coefficient (Wildman–Crippen LogP) is 1.41. The van der Waals surface area contributed by atoms with Crippen LogP contribution >= 0.6 is 0 Å². The van der Waals surface area contributed by atoms with Crippen molar-refractivity contribution in [1.29, 1.82) is 0 Å². The van der Waals surface area contributed by atoms with Crippen molar-refractivity contribution in [2.45, 2.75) is 0 Å². The van der Waals surface area contributed by atoms with Crippen LogP contribution in [0.1, 0.15) is 20.7 Å². The summed E-state index contributed by atoms with van der Waals surface area (Å²) < 4.78 is 0. The Morgan fingerprint density at radius 3 is 1.47 bits per heavy atom. The normalized spacial score (nSPS) is 9.47. The Labute approximate surface area is 125 Å². The molecule has 0 spiro atoms. The van der Waals surface area contributed by atoms with Crippen molar-refractivity contribution >= 4 is 11.9 Å². The molecular formula is C14H9AgO4. The number of aromatic carboxylic acids is 2. The Bertz CT molecular complexity index is 532. The molecule has 2 rings (SSSR count). The fraction of sp³-hybridized carbons (Fsp3) is 0. The quantitative estimate of drug-likeness (QED) is 0.851. The number of carbonyl (C=O) groups excluding carboxylic acids is 1. The number of hydrogen-bond acceptors (Lipinski definition) is 3. The molecular weight excluding hydrogens is 340 g/mol. The minimum Gasteiger partial charge on any atom is -0.545 e. The van der Waals surface area contributed by atoms with Crippen molar-refractivity contribution in [3.63, 3.8) is 0 Å². The first-order chi connectivity index (χ1) is 8.58. The summed E-state index contributed by atoms with van der Waals surface area (Å²) in [6.45, 7) is 0. The van der Waals surface area contributed by atoms with Gasteiger partial charge < -0.3 is 15.0 Å². The summed E-state index contributed by atoms with van der Waals surface area (Å²) in [4.78, 5) is 21.3. The molecule has 0 saturated carbocycles. The van der Waals surface area contributed by atoms with Crippen LogP contribution in [-0.2, 0) is 22.4 Å². The van der Waals surface area contributed by atoms with Crippen molar-refractivity contribution < 1.29 is 42.2 Å².